The van der Waals surface area contributed by atoms with Crippen LogP contribution in [0.15, 0.2) is 42.5 Å². The monoisotopic (exact) mass is 324 g/mol. The summed E-state index contributed by atoms with van der Waals surface area (Å²) in [6, 6.07) is 11.9. The topological polar surface area (TPSA) is 49.4 Å². The van der Waals surface area contributed by atoms with Gasteiger partial charge in [0.1, 0.15) is 5.82 Å². The molecule has 0 aromatic heterocycles. The molecule has 0 spiro atoms. The highest BCUT2D eigenvalue weighted by molar-refractivity contribution is 6.06. The lowest BCUT2D eigenvalue weighted by Gasteiger charge is -2.34. The zero-order valence-corrected chi connectivity index (χ0v) is 13.1. The second kappa shape index (κ2) is 5.74. The number of hydrogen-bond donors (Lipinski definition) is 1. The summed E-state index contributed by atoms with van der Waals surface area (Å²) in [6.45, 7) is 0.551. The maximum absolute atomic E-state index is 13.7. The van der Waals surface area contributed by atoms with Gasteiger partial charge in [-0.2, -0.15) is 0 Å². The molecule has 0 fully saturated rings. The van der Waals surface area contributed by atoms with Gasteiger partial charge in [-0.25, -0.2) is 4.39 Å². The highest BCUT2D eigenvalue weighted by Gasteiger charge is 2.35. The van der Waals surface area contributed by atoms with Crippen molar-refractivity contribution in [3.8, 4) is 0 Å². The quantitative estimate of drug-likeness (QED) is 0.875. The van der Waals surface area contributed by atoms with Gasteiger partial charge in [-0.15, -0.1) is 0 Å². The third kappa shape index (κ3) is 2.46. The van der Waals surface area contributed by atoms with Crippen LogP contribution in [-0.4, -0.2) is 18.4 Å². The molecule has 1 atom stereocenters. The third-order valence-electron chi connectivity index (χ3n) is 4.73. The van der Waals surface area contributed by atoms with Gasteiger partial charge in [-0.3, -0.25) is 9.59 Å². The zero-order chi connectivity index (χ0) is 16.7. The van der Waals surface area contributed by atoms with Crippen molar-refractivity contribution in [2.24, 2.45) is 0 Å². The minimum Gasteiger partial charge on any atom is -0.326 e. The van der Waals surface area contributed by atoms with Gasteiger partial charge in [-0.1, -0.05) is 24.3 Å². The molecule has 0 aliphatic carbocycles. The second-order valence-electron chi connectivity index (χ2n) is 6.26. The number of nitrogens with one attached hydrogen (secondary N) is 1. The number of hydrogen-bond acceptors (Lipinski definition) is 2. The second-order valence-corrected chi connectivity index (χ2v) is 6.26. The Hall–Kier alpha value is -2.69. The first-order valence-corrected chi connectivity index (χ1v) is 8.12. The number of benzene rings is 2. The molecule has 1 N–H and O–H groups in total. The lowest BCUT2D eigenvalue weighted by Crippen LogP contribution is -2.41. The fourth-order valence-electron chi connectivity index (χ4n) is 3.60. The number of carbonyl (C=O) groups excluding carboxylic acids is 2. The maximum Gasteiger partial charge on any atom is 0.235 e. The number of aryl methyl sites for hydroxylation is 1. The number of amides is 2. The summed E-state index contributed by atoms with van der Waals surface area (Å²) in [7, 11) is 0. The largest absolute Gasteiger partial charge is 0.326 e. The van der Waals surface area contributed by atoms with Crippen molar-refractivity contribution in [1.29, 1.82) is 0 Å². The average Bonchev–Trinajstić information content (AvgIpc) is 2.59. The molecule has 4 rings (SSSR count). The van der Waals surface area contributed by atoms with Gasteiger partial charge in [0.25, 0.3) is 0 Å². The number of carbonyl (C=O) groups is 2. The van der Waals surface area contributed by atoms with Gasteiger partial charge in [0.15, 0.2) is 0 Å². The number of nitrogens with zero attached hydrogens (tertiary/aromatic N) is 1. The Kier molecular flexibility index (Phi) is 3.56. The molecule has 2 aliphatic heterocycles. The van der Waals surface area contributed by atoms with E-state index in [1.807, 2.05) is 18.2 Å². The Bertz CT molecular complexity index is 834. The van der Waals surface area contributed by atoms with E-state index in [0.717, 1.165) is 24.0 Å². The maximum atomic E-state index is 13.7. The fourth-order valence-corrected chi connectivity index (χ4v) is 3.60. The molecule has 0 radical (unpaired) electrons. The van der Waals surface area contributed by atoms with Crippen molar-refractivity contribution >= 4 is 23.2 Å². The van der Waals surface area contributed by atoms with E-state index in [9.17, 15) is 14.0 Å². The van der Waals surface area contributed by atoms with E-state index in [1.165, 1.54) is 12.1 Å². The number of para-hydroxylation sites is 1. The van der Waals surface area contributed by atoms with Crippen molar-refractivity contribution in [2.75, 3.05) is 16.8 Å². The number of halogens is 1. The fraction of sp³-hybridized carbons (Fsp3) is 0.263. The molecule has 2 aromatic carbocycles. The van der Waals surface area contributed by atoms with Crippen LogP contribution in [0.4, 0.5) is 15.8 Å². The molecule has 0 unspecified atom stereocenters. The Morgan fingerprint density at radius 1 is 1.21 bits per heavy atom. The molecule has 24 heavy (non-hydrogen) atoms. The SMILES string of the molecule is O=C1C[C@@H](C(=O)N2CCCc3ccc(F)cc32)c2ccccc2N1. The van der Waals surface area contributed by atoms with Crippen LogP contribution in [0, 0.1) is 5.82 Å². The Labute approximate surface area is 139 Å². The number of fused-ring (bicyclic) bond motifs is 2. The van der Waals surface area contributed by atoms with E-state index in [2.05, 4.69) is 5.32 Å². The van der Waals surface area contributed by atoms with Crippen LogP contribution in [0.1, 0.15) is 29.9 Å². The van der Waals surface area contributed by atoms with Gasteiger partial charge < -0.3 is 10.2 Å². The summed E-state index contributed by atoms with van der Waals surface area (Å²) in [5.74, 6) is -1.17. The van der Waals surface area contributed by atoms with Crippen LogP contribution < -0.4 is 10.2 Å². The van der Waals surface area contributed by atoms with E-state index >= 15 is 0 Å². The summed E-state index contributed by atoms with van der Waals surface area (Å²) < 4.78 is 13.7. The van der Waals surface area contributed by atoms with Gasteiger partial charge >= 0.3 is 0 Å². The lowest BCUT2D eigenvalue weighted by atomic mass is 9.88. The molecular weight excluding hydrogens is 307 g/mol. The van der Waals surface area contributed by atoms with Gasteiger partial charge in [-0.05, 0) is 42.2 Å². The minimum atomic E-state index is -0.524. The zero-order valence-electron chi connectivity index (χ0n) is 13.1. The summed E-state index contributed by atoms with van der Waals surface area (Å²) >= 11 is 0. The van der Waals surface area contributed by atoms with Crippen molar-refractivity contribution in [3.63, 3.8) is 0 Å². The summed E-state index contributed by atoms with van der Waals surface area (Å²) in [4.78, 5) is 26.8. The van der Waals surface area contributed by atoms with Crippen molar-refractivity contribution in [1.82, 2.24) is 0 Å². The first-order valence-electron chi connectivity index (χ1n) is 8.12. The Morgan fingerprint density at radius 3 is 2.92 bits per heavy atom. The molecule has 0 bridgehead atoms. The van der Waals surface area contributed by atoms with E-state index in [-0.39, 0.29) is 24.1 Å². The molecule has 122 valence electrons. The van der Waals surface area contributed by atoms with E-state index in [1.54, 1.807) is 17.0 Å². The predicted octanol–water partition coefficient (Wildman–Crippen LogP) is 3.23. The van der Waals surface area contributed by atoms with E-state index in [0.29, 0.717) is 17.9 Å². The van der Waals surface area contributed by atoms with Crippen LogP contribution in [0.25, 0.3) is 0 Å². The van der Waals surface area contributed by atoms with Gasteiger partial charge in [0.2, 0.25) is 11.8 Å². The van der Waals surface area contributed by atoms with Crippen LogP contribution in [-0.2, 0) is 16.0 Å². The molecule has 4 nitrogen and oxygen atoms in total. The third-order valence-corrected chi connectivity index (χ3v) is 4.73. The molecular formula is C19H17FN2O2. The van der Waals surface area contributed by atoms with Crippen molar-refractivity contribution in [3.05, 3.63) is 59.4 Å². The molecule has 2 aliphatic rings. The smallest absolute Gasteiger partial charge is 0.235 e. The highest BCUT2D eigenvalue weighted by atomic mass is 19.1. The predicted molar refractivity (Wildman–Crippen MR) is 89.5 cm³/mol. The lowest BCUT2D eigenvalue weighted by molar-refractivity contribution is -0.124. The van der Waals surface area contributed by atoms with Crippen LogP contribution in [0.5, 0.6) is 0 Å². The first-order chi connectivity index (χ1) is 11.6. The van der Waals surface area contributed by atoms with Gasteiger partial charge in [0, 0.05) is 24.3 Å². The molecule has 0 saturated carbocycles. The standard InChI is InChI=1S/C19H17FN2O2/c20-13-8-7-12-4-3-9-22(17(12)10-13)19(24)15-11-18(23)21-16-6-2-1-5-14(15)16/h1-2,5-8,10,15H,3-4,9,11H2,(H,21,23)/t15-/m1/s1. The minimum absolute atomic E-state index is 0.122. The Morgan fingerprint density at radius 2 is 2.04 bits per heavy atom. The Balaban J connectivity index is 1.73. The first kappa shape index (κ1) is 14.9. The number of rotatable bonds is 1. The summed E-state index contributed by atoms with van der Waals surface area (Å²) in [6.07, 6.45) is 1.79. The van der Waals surface area contributed by atoms with Crippen LogP contribution in [0.3, 0.4) is 0 Å². The average molecular weight is 324 g/mol. The molecule has 2 aromatic rings. The van der Waals surface area contributed by atoms with Crippen LogP contribution in [0.2, 0.25) is 0 Å². The van der Waals surface area contributed by atoms with Crippen LogP contribution >= 0.6 is 0 Å². The summed E-state index contributed by atoms with van der Waals surface area (Å²) in [5.41, 5.74) is 3.12. The summed E-state index contributed by atoms with van der Waals surface area (Å²) in [5, 5.41) is 2.81. The highest BCUT2D eigenvalue weighted by Crippen LogP contribution is 2.36. The van der Waals surface area contributed by atoms with Crippen molar-refractivity contribution in [2.45, 2.75) is 25.2 Å². The van der Waals surface area contributed by atoms with E-state index < -0.39 is 5.92 Å². The molecule has 2 amide bonds. The molecule has 2 heterocycles. The normalized spacial score (nSPS) is 19.3. The molecule has 5 heteroatoms. The van der Waals surface area contributed by atoms with E-state index in [4.69, 9.17) is 0 Å². The van der Waals surface area contributed by atoms with Gasteiger partial charge in [0.05, 0.1) is 5.92 Å². The molecule has 0 saturated heterocycles. The number of anilines is 2. The van der Waals surface area contributed by atoms with Crippen molar-refractivity contribution < 1.29 is 14.0 Å².